The Morgan fingerprint density at radius 2 is 2.00 bits per heavy atom. The van der Waals surface area contributed by atoms with Crippen LogP contribution in [0.2, 0.25) is 0 Å². The van der Waals surface area contributed by atoms with Crippen LogP contribution in [-0.2, 0) is 0 Å². The average molecular weight is 301 g/mol. The Labute approximate surface area is 110 Å². The Kier molecular flexibility index (Phi) is 3.80. The quantitative estimate of drug-likeness (QED) is 0.790. The number of thioether (sulfide) groups is 1. The maximum Gasteiger partial charge on any atom is 0.142 e. The monoisotopic (exact) mass is 300 g/mol. The van der Waals surface area contributed by atoms with Crippen LogP contribution in [0, 0.1) is 6.92 Å². The molecule has 1 aliphatic rings. The van der Waals surface area contributed by atoms with Crippen molar-refractivity contribution in [2.24, 2.45) is 0 Å². The lowest BCUT2D eigenvalue weighted by Gasteiger charge is -2.35. The van der Waals surface area contributed by atoms with Gasteiger partial charge >= 0.3 is 0 Å². The van der Waals surface area contributed by atoms with E-state index in [1.165, 1.54) is 5.56 Å². The fourth-order valence-corrected chi connectivity index (χ4v) is 4.15. The van der Waals surface area contributed by atoms with Gasteiger partial charge < -0.3 is 4.90 Å². The van der Waals surface area contributed by atoms with Gasteiger partial charge in [0.1, 0.15) is 5.82 Å². The first kappa shape index (κ1) is 12.2. The Balaban J connectivity index is 2.23. The van der Waals surface area contributed by atoms with Crippen LogP contribution in [0.5, 0.6) is 0 Å². The van der Waals surface area contributed by atoms with E-state index in [1.807, 2.05) is 6.20 Å². The fourth-order valence-electron chi connectivity index (χ4n) is 2.11. The molecular formula is C12H17BrN2S. The standard InChI is InChI=1S/C12H17BrN2S/c1-8-4-11(13)12(14-5-8)15-6-9(2)16-10(3)7-15/h4-5,9-10H,6-7H2,1-3H3. The molecule has 2 unspecified atom stereocenters. The van der Waals surface area contributed by atoms with Crippen molar-refractivity contribution in [2.45, 2.75) is 31.3 Å². The predicted octanol–water partition coefficient (Wildman–Crippen LogP) is 3.48. The summed E-state index contributed by atoms with van der Waals surface area (Å²) in [6, 6.07) is 2.14. The molecule has 0 bridgehead atoms. The predicted molar refractivity (Wildman–Crippen MR) is 75.4 cm³/mol. The van der Waals surface area contributed by atoms with Crippen LogP contribution in [0.1, 0.15) is 19.4 Å². The van der Waals surface area contributed by atoms with Gasteiger partial charge in [-0.25, -0.2) is 4.98 Å². The van der Waals surface area contributed by atoms with Gasteiger partial charge in [0.25, 0.3) is 0 Å². The highest BCUT2D eigenvalue weighted by molar-refractivity contribution is 9.10. The normalized spacial score (nSPS) is 25.9. The zero-order valence-corrected chi connectivity index (χ0v) is 12.3. The summed E-state index contributed by atoms with van der Waals surface area (Å²) in [6.07, 6.45) is 1.94. The smallest absolute Gasteiger partial charge is 0.142 e. The van der Waals surface area contributed by atoms with E-state index >= 15 is 0 Å². The van der Waals surface area contributed by atoms with Crippen molar-refractivity contribution in [2.75, 3.05) is 18.0 Å². The Morgan fingerprint density at radius 1 is 1.38 bits per heavy atom. The van der Waals surface area contributed by atoms with Gasteiger partial charge in [0.15, 0.2) is 0 Å². The van der Waals surface area contributed by atoms with Gasteiger partial charge in [-0.1, -0.05) is 13.8 Å². The zero-order valence-electron chi connectivity index (χ0n) is 9.90. The Bertz CT molecular complexity index is 373. The molecule has 0 aromatic carbocycles. The van der Waals surface area contributed by atoms with E-state index in [0.29, 0.717) is 10.5 Å². The van der Waals surface area contributed by atoms with E-state index < -0.39 is 0 Å². The number of aryl methyl sites for hydroxylation is 1. The minimum Gasteiger partial charge on any atom is -0.353 e. The molecule has 4 heteroatoms. The first-order valence-electron chi connectivity index (χ1n) is 5.59. The number of aromatic nitrogens is 1. The first-order valence-corrected chi connectivity index (χ1v) is 7.32. The second-order valence-corrected chi connectivity index (χ2v) is 7.22. The number of hydrogen-bond acceptors (Lipinski definition) is 3. The molecule has 0 saturated carbocycles. The molecule has 1 aliphatic heterocycles. The van der Waals surface area contributed by atoms with Crippen LogP contribution in [-0.4, -0.2) is 28.6 Å². The van der Waals surface area contributed by atoms with Crippen molar-refractivity contribution < 1.29 is 0 Å². The lowest BCUT2D eigenvalue weighted by atomic mass is 10.3. The van der Waals surface area contributed by atoms with E-state index in [-0.39, 0.29) is 0 Å². The SMILES string of the molecule is Cc1cnc(N2CC(C)SC(C)C2)c(Br)c1. The highest BCUT2D eigenvalue weighted by atomic mass is 79.9. The van der Waals surface area contributed by atoms with E-state index in [1.54, 1.807) is 0 Å². The molecule has 2 rings (SSSR count). The van der Waals surface area contributed by atoms with Gasteiger partial charge in [0, 0.05) is 29.8 Å². The lowest BCUT2D eigenvalue weighted by Crippen LogP contribution is -2.41. The molecule has 1 fully saturated rings. The van der Waals surface area contributed by atoms with E-state index in [2.05, 4.69) is 64.4 Å². The van der Waals surface area contributed by atoms with Crippen molar-refractivity contribution in [3.8, 4) is 0 Å². The van der Waals surface area contributed by atoms with Crippen LogP contribution in [0.4, 0.5) is 5.82 Å². The van der Waals surface area contributed by atoms with Crippen LogP contribution in [0.3, 0.4) is 0 Å². The molecule has 2 atom stereocenters. The number of hydrogen-bond donors (Lipinski definition) is 0. The molecule has 1 aromatic rings. The third-order valence-electron chi connectivity index (χ3n) is 2.68. The molecule has 0 spiro atoms. The largest absolute Gasteiger partial charge is 0.353 e. The molecule has 2 heterocycles. The van der Waals surface area contributed by atoms with Gasteiger partial charge in [-0.15, -0.1) is 0 Å². The van der Waals surface area contributed by atoms with Gasteiger partial charge in [-0.05, 0) is 34.5 Å². The zero-order chi connectivity index (χ0) is 11.7. The summed E-state index contributed by atoms with van der Waals surface area (Å²) < 4.78 is 1.11. The summed E-state index contributed by atoms with van der Waals surface area (Å²) in [4.78, 5) is 6.92. The second kappa shape index (κ2) is 4.96. The number of nitrogens with zero attached hydrogens (tertiary/aromatic N) is 2. The summed E-state index contributed by atoms with van der Waals surface area (Å²) in [6.45, 7) is 8.82. The number of anilines is 1. The summed E-state index contributed by atoms with van der Waals surface area (Å²) in [5.74, 6) is 1.09. The summed E-state index contributed by atoms with van der Waals surface area (Å²) in [5.41, 5.74) is 1.20. The molecule has 1 saturated heterocycles. The van der Waals surface area contributed by atoms with Crippen molar-refractivity contribution in [1.82, 2.24) is 4.98 Å². The summed E-state index contributed by atoms with van der Waals surface area (Å²) in [5, 5.41) is 1.36. The minimum atomic E-state index is 0.679. The molecule has 88 valence electrons. The van der Waals surface area contributed by atoms with Crippen LogP contribution in [0.15, 0.2) is 16.7 Å². The summed E-state index contributed by atoms with van der Waals surface area (Å²) in [7, 11) is 0. The lowest BCUT2D eigenvalue weighted by molar-refractivity contribution is 0.716. The number of rotatable bonds is 1. The average Bonchev–Trinajstić information content (AvgIpc) is 2.15. The molecule has 1 aromatic heterocycles. The van der Waals surface area contributed by atoms with Gasteiger partial charge in [0.05, 0.1) is 4.47 Å². The highest BCUT2D eigenvalue weighted by Gasteiger charge is 2.24. The topological polar surface area (TPSA) is 16.1 Å². The van der Waals surface area contributed by atoms with E-state index in [9.17, 15) is 0 Å². The van der Waals surface area contributed by atoms with Crippen LogP contribution in [0.25, 0.3) is 0 Å². The van der Waals surface area contributed by atoms with Gasteiger partial charge in [-0.2, -0.15) is 11.8 Å². The second-order valence-electron chi connectivity index (χ2n) is 4.48. The van der Waals surface area contributed by atoms with Gasteiger partial charge in [0.2, 0.25) is 0 Å². The number of pyridine rings is 1. The Hall–Kier alpha value is -0.220. The third-order valence-corrected chi connectivity index (χ3v) is 4.49. The maximum atomic E-state index is 4.54. The first-order chi connectivity index (χ1) is 7.56. The van der Waals surface area contributed by atoms with Crippen LogP contribution >= 0.6 is 27.7 Å². The van der Waals surface area contributed by atoms with Crippen molar-refractivity contribution in [3.05, 3.63) is 22.3 Å². The van der Waals surface area contributed by atoms with Crippen molar-refractivity contribution in [1.29, 1.82) is 0 Å². The van der Waals surface area contributed by atoms with Crippen molar-refractivity contribution >= 4 is 33.5 Å². The minimum absolute atomic E-state index is 0.679. The molecule has 0 amide bonds. The summed E-state index contributed by atoms with van der Waals surface area (Å²) >= 11 is 5.68. The highest BCUT2D eigenvalue weighted by Crippen LogP contribution is 2.31. The molecule has 0 N–H and O–H groups in total. The Morgan fingerprint density at radius 3 is 2.56 bits per heavy atom. The van der Waals surface area contributed by atoms with E-state index in [0.717, 1.165) is 23.4 Å². The van der Waals surface area contributed by atoms with Crippen molar-refractivity contribution in [3.63, 3.8) is 0 Å². The number of halogens is 1. The fraction of sp³-hybridized carbons (Fsp3) is 0.583. The molecule has 2 nitrogen and oxygen atoms in total. The van der Waals surface area contributed by atoms with Crippen LogP contribution < -0.4 is 4.90 Å². The molecule has 16 heavy (non-hydrogen) atoms. The third kappa shape index (κ3) is 2.72. The molecule has 0 aliphatic carbocycles. The molecule has 0 radical (unpaired) electrons. The molecular weight excluding hydrogens is 284 g/mol. The van der Waals surface area contributed by atoms with E-state index in [4.69, 9.17) is 0 Å². The maximum absolute atomic E-state index is 4.54. The van der Waals surface area contributed by atoms with Gasteiger partial charge in [-0.3, -0.25) is 0 Å².